The van der Waals surface area contributed by atoms with Crippen molar-refractivity contribution in [2.24, 2.45) is 0 Å². The van der Waals surface area contributed by atoms with Gasteiger partial charge in [0.25, 0.3) is 0 Å². The molecule has 1 saturated carbocycles. The number of aliphatic hydroxyl groups excluding tert-OH is 1. The molecule has 1 aliphatic carbocycles. The van der Waals surface area contributed by atoms with Gasteiger partial charge >= 0.3 is 0 Å². The standard InChI is InChI=1S/C19H31NO2/c1-3-20(4-2)16-18(14-15-21,17-10-6-5-7-11-17)19(22)12-8-9-13-19/h5-7,10-11,21-22H,3-4,8-9,12-16H2,1-2H3. The fraction of sp³-hybridized carbons (Fsp3) is 0.684. The minimum atomic E-state index is -0.709. The molecule has 22 heavy (non-hydrogen) atoms. The summed E-state index contributed by atoms with van der Waals surface area (Å²) in [6.07, 6.45) is 4.44. The largest absolute Gasteiger partial charge is 0.396 e. The van der Waals surface area contributed by atoms with Gasteiger partial charge in [-0.3, -0.25) is 0 Å². The smallest absolute Gasteiger partial charge is 0.0757 e. The first-order valence-electron chi connectivity index (χ1n) is 8.73. The van der Waals surface area contributed by atoms with Gasteiger partial charge in [-0.25, -0.2) is 0 Å². The lowest BCUT2D eigenvalue weighted by molar-refractivity contribution is -0.0584. The third-order valence-corrected chi connectivity index (χ3v) is 5.57. The van der Waals surface area contributed by atoms with Crippen molar-refractivity contribution in [2.75, 3.05) is 26.2 Å². The summed E-state index contributed by atoms with van der Waals surface area (Å²) in [6, 6.07) is 10.3. The summed E-state index contributed by atoms with van der Waals surface area (Å²) in [5.74, 6) is 0. The van der Waals surface area contributed by atoms with Gasteiger partial charge in [-0.05, 0) is 37.9 Å². The van der Waals surface area contributed by atoms with E-state index in [0.29, 0.717) is 6.42 Å². The van der Waals surface area contributed by atoms with Crippen molar-refractivity contribution < 1.29 is 10.2 Å². The van der Waals surface area contributed by atoms with Gasteiger partial charge in [-0.1, -0.05) is 57.0 Å². The third-order valence-electron chi connectivity index (χ3n) is 5.57. The molecular weight excluding hydrogens is 274 g/mol. The zero-order valence-corrected chi connectivity index (χ0v) is 14.1. The van der Waals surface area contributed by atoms with Crippen LogP contribution in [0.3, 0.4) is 0 Å². The number of benzene rings is 1. The van der Waals surface area contributed by atoms with Crippen LogP contribution in [0.15, 0.2) is 30.3 Å². The summed E-state index contributed by atoms with van der Waals surface area (Å²) in [6.45, 7) is 7.17. The van der Waals surface area contributed by atoms with Crippen LogP contribution < -0.4 is 0 Å². The molecule has 1 unspecified atom stereocenters. The van der Waals surface area contributed by atoms with Gasteiger partial charge in [0, 0.05) is 18.6 Å². The lowest BCUT2D eigenvalue weighted by Gasteiger charge is -2.48. The molecular formula is C19H31NO2. The zero-order chi connectivity index (χ0) is 16.1. The van der Waals surface area contributed by atoms with E-state index in [1.165, 1.54) is 5.56 Å². The maximum absolute atomic E-state index is 11.5. The van der Waals surface area contributed by atoms with Gasteiger partial charge < -0.3 is 15.1 Å². The lowest BCUT2D eigenvalue weighted by Crippen LogP contribution is -2.56. The van der Waals surface area contributed by atoms with Crippen LogP contribution in [0.1, 0.15) is 51.5 Å². The predicted molar refractivity (Wildman–Crippen MR) is 91.0 cm³/mol. The van der Waals surface area contributed by atoms with E-state index in [0.717, 1.165) is 45.3 Å². The normalized spacial score (nSPS) is 20.2. The van der Waals surface area contributed by atoms with E-state index >= 15 is 0 Å². The van der Waals surface area contributed by atoms with Crippen molar-refractivity contribution in [1.29, 1.82) is 0 Å². The van der Waals surface area contributed by atoms with Gasteiger partial charge in [0.05, 0.1) is 5.60 Å². The van der Waals surface area contributed by atoms with E-state index in [9.17, 15) is 10.2 Å². The van der Waals surface area contributed by atoms with E-state index in [1.807, 2.05) is 18.2 Å². The van der Waals surface area contributed by atoms with Crippen LogP contribution in [-0.4, -0.2) is 47.0 Å². The third kappa shape index (κ3) is 3.22. The Labute approximate surface area is 135 Å². The van der Waals surface area contributed by atoms with Gasteiger partial charge in [0.1, 0.15) is 0 Å². The van der Waals surface area contributed by atoms with E-state index in [-0.39, 0.29) is 12.0 Å². The number of hydrogen-bond acceptors (Lipinski definition) is 3. The van der Waals surface area contributed by atoms with E-state index in [4.69, 9.17) is 0 Å². The van der Waals surface area contributed by atoms with E-state index < -0.39 is 5.60 Å². The Bertz CT molecular complexity index is 438. The molecule has 2 N–H and O–H groups in total. The van der Waals surface area contributed by atoms with Crippen LogP contribution in [0.2, 0.25) is 0 Å². The molecule has 0 bridgehead atoms. The molecule has 3 heteroatoms. The molecule has 0 aromatic heterocycles. The molecule has 1 aromatic rings. The SMILES string of the molecule is CCN(CC)CC(CCO)(c1ccccc1)C1(O)CCCC1. The number of likely N-dealkylation sites (N-methyl/N-ethyl adjacent to an activating group) is 1. The topological polar surface area (TPSA) is 43.7 Å². The van der Waals surface area contributed by atoms with Crippen LogP contribution >= 0.6 is 0 Å². The second-order valence-corrected chi connectivity index (χ2v) is 6.62. The Kier molecular flexibility index (Phi) is 6.01. The van der Waals surface area contributed by atoms with Crippen molar-refractivity contribution in [1.82, 2.24) is 4.90 Å². The molecule has 0 spiro atoms. The summed E-state index contributed by atoms with van der Waals surface area (Å²) in [4.78, 5) is 2.37. The van der Waals surface area contributed by atoms with Crippen LogP contribution in [0, 0.1) is 0 Å². The highest BCUT2D eigenvalue weighted by Gasteiger charge is 2.52. The molecule has 124 valence electrons. The summed E-state index contributed by atoms with van der Waals surface area (Å²) < 4.78 is 0. The van der Waals surface area contributed by atoms with E-state index in [1.54, 1.807) is 0 Å². The molecule has 0 aliphatic heterocycles. The maximum atomic E-state index is 11.5. The van der Waals surface area contributed by atoms with Crippen molar-refractivity contribution in [2.45, 2.75) is 57.0 Å². The van der Waals surface area contributed by atoms with Crippen molar-refractivity contribution in [3.63, 3.8) is 0 Å². The minimum Gasteiger partial charge on any atom is -0.396 e. The van der Waals surface area contributed by atoms with Crippen molar-refractivity contribution in [3.05, 3.63) is 35.9 Å². The Balaban J connectivity index is 2.48. The number of nitrogens with zero attached hydrogens (tertiary/aromatic N) is 1. The minimum absolute atomic E-state index is 0.110. The first-order chi connectivity index (χ1) is 10.6. The average Bonchev–Trinajstić information content (AvgIpc) is 3.00. The van der Waals surface area contributed by atoms with Gasteiger partial charge in [0.15, 0.2) is 0 Å². The molecule has 3 nitrogen and oxygen atoms in total. The zero-order valence-electron chi connectivity index (χ0n) is 14.1. The summed E-state index contributed by atoms with van der Waals surface area (Å²) in [5.41, 5.74) is 0.0749. The average molecular weight is 305 g/mol. The molecule has 1 aliphatic rings. The summed E-state index contributed by atoms with van der Waals surface area (Å²) in [7, 11) is 0. The van der Waals surface area contributed by atoms with Gasteiger partial charge in [0.2, 0.25) is 0 Å². The number of hydrogen-bond donors (Lipinski definition) is 2. The maximum Gasteiger partial charge on any atom is 0.0757 e. The van der Waals surface area contributed by atoms with Crippen LogP contribution in [0.25, 0.3) is 0 Å². The lowest BCUT2D eigenvalue weighted by atomic mass is 9.64. The Hall–Kier alpha value is -0.900. The summed E-state index contributed by atoms with van der Waals surface area (Å²) in [5, 5.41) is 21.3. The molecule has 0 heterocycles. The highest BCUT2D eigenvalue weighted by atomic mass is 16.3. The van der Waals surface area contributed by atoms with Gasteiger partial charge in [-0.15, -0.1) is 0 Å². The highest BCUT2D eigenvalue weighted by molar-refractivity contribution is 5.31. The number of aliphatic hydroxyl groups is 2. The molecule has 0 amide bonds. The Morgan fingerprint density at radius 3 is 2.18 bits per heavy atom. The molecule has 1 atom stereocenters. The van der Waals surface area contributed by atoms with Crippen LogP contribution in [-0.2, 0) is 5.41 Å². The Morgan fingerprint density at radius 2 is 1.68 bits per heavy atom. The second kappa shape index (κ2) is 7.58. The monoisotopic (exact) mass is 305 g/mol. The predicted octanol–water partition coefficient (Wildman–Crippen LogP) is 2.95. The Morgan fingerprint density at radius 1 is 1.09 bits per heavy atom. The molecule has 1 aromatic carbocycles. The molecule has 0 saturated heterocycles. The molecule has 0 radical (unpaired) electrons. The van der Waals surface area contributed by atoms with Crippen LogP contribution in [0.5, 0.6) is 0 Å². The van der Waals surface area contributed by atoms with E-state index in [2.05, 4.69) is 30.9 Å². The summed E-state index contributed by atoms with van der Waals surface area (Å²) >= 11 is 0. The molecule has 1 fully saturated rings. The van der Waals surface area contributed by atoms with Crippen LogP contribution in [0.4, 0.5) is 0 Å². The fourth-order valence-corrected chi connectivity index (χ4v) is 4.18. The second-order valence-electron chi connectivity index (χ2n) is 6.62. The quantitative estimate of drug-likeness (QED) is 0.776. The van der Waals surface area contributed by atoms with Crippen molar-refractivity contribution >= 4 is 0 Å². The first-order valence-corrected chi connectivity index (χ1v) is 8.73. The van der Waals surface area contributed by atoms with Gasteiger partial charge in [-0.2, -0.15) is 0 Å². The molecule has 2 rings (SSSR count). The first kappa shape index (κ1) is 17.5. The number of rotatable bonds is 8. The fourth-order valence-electron chi connectivity index (χ4n) is 4.18. The highest BCUT2D eigenvalue weighted by Crippen LogP contribution is 2.48. The van der Waals surface area contributed by atoms with Crippen molar-refractivity contribution in [3.8, 4) is 0 Å².